The van der Waals surface area contributed by atoms with Gasteiger partial charge in [-0.2, -0.15) is 0 Å². The molecule has 7 nitrogen and oxygen atoms in total. The van der Waals surface area contributed by atoms with Crippen LogP contribution in [0.15, 0.2) is 54.6 Å². The molecule has 3 aliphatic rings. The van der Waals surface area contributed by atoms with Gasteiger partial charge in [-0.25, -0.2) is 0 Å². The number of carbonyl (C=O) groups excluding carboxylic acids is 2. The first-order valence-corrected chi connectivity index (χ1v) is 11.8. The second-order valence-corrected chi connectivity index (χ2v) is 8.98. The van der Waals surface area contributed by atoms with Gasteiger partial charge in [-0.05, 0) is 29.5 Å². The number of hydrogen-bond acceptors (Lipinski definition) is 5. The minimum absolute atomic E-state index is 0.00846. The van der Waals surface area contributed by atoms with Crippen LogP contribution in [0, 0.1) is 0 Å². The molecule has 33 heavy (non-hydrogen) atoms. The van der Waals surface area contributed by atoms with E-state index in [1.807, 2.05) is 46.2 Å². The van der Waals surface area contributed by atoms with Crippen LogP contribution in [0.2, 0.25) is 0 Å². The molecule has 1 spiro atoms. The highest BCUT2D eigenvalue weighted by Crippen LogP contribution is 2.43. The Morgan fingerprint density at radius 2 is 1.61 bits per heavy atom. The Bertz CT molecular complexity index is 982. The third kappa shape index (κ3) is 4.53. The van der Waals surface area contributed by atoms with E-state index in [0.29, 0.717) is 46.0 Å². The predicted octanol–water partition coefficient (Wildman–Crippen LogP) is 2.22. The van der Waals surface area contributed by atoms with Crippen LogP contribution >= 0.6 is 0 Å². The molecule has 1 atom stereocenters. The first-order valence-electron chi connectivity index (χ1n) is 11.8. The molecular weight excluding hydrogens is 418 g/mol. The second kappa shape index (κ2) is 9.63. The van der Waals surface area contributed by atoms with E-state index in [2.05, 4.69) is 23.5 Å². The molecule has 5 rings (SSSR count). The van der Waals surface area contributed by atoms with Crippen LogP contribution in [-0.4, -0.2) is 67.6 Å². The maximum atomic E-state index is 13.2. The Morgan fingerprint density at radius 1 is 0.909 bits per heavy atom. The zero-order chi connectivity index (χ0) is 22.7. The molecule has 2 saturated heterocycles. The molecule has 174 valence electrons. The van der Waals surface area contributed by atoms with E-state index in [1.54, 1.807) is 0 Å². The summed E-state index contributed by atoms with van der Waals surface area (Å²) in [5.41, 5.74) is 3.14. The minimum atomic E-state index is -0.547. The first-order chi connectivity index (χ1) is 16.2. The van der Waals surface area contributed by atoms with Gasteiger partial charge in [-0.3, -0.25) is 14.9 Å². The van der Waals surface area contributed by atoms with Crippen LogP contribution in [0.3, 0.4) is 0 Å². The zero-order valence-electron chi connectivity index (χ0n) is 18.9. The van der Waals surface area contributed by atoms with Gasteiger partial charge in [0.15, 0.2) is 0 Å². The maximum absolute atomic E-state index is 13.2. The molecule has 2 amide bonds. The minimum Gasteiger partial charge on any atom is -0.378 e. The van der Waals surface area contributed by atoms with E-state index in [4.69, 9.17) is 9.47 Å². The van der Waals surface area contributed by atoms with E-state index < -0.39 is 6.04 Å². The van der Waals surface area contributed by atoms with Crippen molar-refractivity contribution in [2.45, 2.75) is 31.1 Å². The molecule has 2 aromatic rings. The number of nitrogens with one attached hydrogen (secondary N) is 1. The molecule has 0 radical (unpaired) electrons. The number of nitrogens with zero attached hydrogens (tertiary/aromatic N) is 2. The fourth-order valence-corrected chi connectivity index (χ4v) is 5.18. The Labute approximate surface area is 194 Å². The predicted molar refractivity (Wildman–Crippen MR) is 123 cm³/mol. The van der Waals surface area contributed by atoms with Crippen LogP contribution in [0.5, 0.6) is 0 Å². The highest BCUT2D eigenvalue weighted by Gasteiger charge is 2.43. The van der Waals surface area contributed by atoms with Crippen molar-refractivity contribution in [1.29, 1.82) is 0 Å². The standard InChI is InChI=1S/C26H31N3O4/c30-23(28-12-10-26(11-13-28)22-9-5-4-8-21(22)19-33-26)18-27-24(20-6-2-1-3-7-20)25(31)29-14-16-32-17-15-29/h1-9,24,27H,10-19H2. The Morgan fingerprint density at radius 3 is 2.36 bits per heavy atom. The van der Waals surface area contributed by atoms with Gasteiger partial charge in [0.25, 0.3) is 0 Å². The number of benzene rings is 2. The van der Waals surface area contributed by atoms with Crippen molar-refractivity contribution in [3.05, 3.63) is 71.3 Å². The van der Waals surface area contributed by atoms with Gasteiger partial charge < -0.3 is 19.3 Å². The van der Waals surface area contributed by atoms with Gasteiger partial charge in [-0.1, -0.05) is 54.6 Å². The summed E-state index contributed by atoms with van der Waals surface area (Å²) in [6.45, 7) is 4.33. The molecule has 1 N–H and O–H groups in total. The number of carbonyl (C=O) groups is 2. The van der Waals surface area contributed by atoms with Crippen LogP contribution in [-0.2, 0) is 31.3 Å². The van der Waals surface area contributed by atoms with Gasteiger partial charge in [0.2, 0.25) is 11.8 Å². The summed E-state index contributed by atoms with van der Waals surface area (Å²) in [6, 6.07) is 17.5. The summed E-state index contributed by atoms with van der Waals surface area (Å²) in [7, 11) is 0. The molecule has 7 heteroatoms. The molecule has 0 bridgehead atoms. The number of fused-ring (bicyclic) bond motifs is 2. The zero-order valence-corrected chi connectivity index (χ0v) is 18.9. The molecule has 3 aliphatic heterocycles. The monoisotopic (exact) mass is 449 g/mol. The van der Waals surface area contributed by atoms with E-state index in [9.17, 15) is 9.59 Å². The number of piperidine rings is 1. The van der Waals surface area contributed by atoms with Gasteiger partial charge in [0.1, 0.15) is 6.04 Å². The average molecular weight is 450 g/mol. The highest BCUT2D eigenvalue weighted by molar-refractivity contribution is 5.85. The summed E-state index contributed by atoms with van der Waals surface area (Å²) in [4.78, 5) is 30.0. The number of morpholine rings is 1. The van der Waals surface area contributed by atoms with Crippen LogP contribution < -0.4 is 5.32 Å². The van der Waals surface area contributed by atoms with Crippen molar-refractivity contribution in [2.75, 3.05) is 45.9 Å². The third-order valence-corrected chi connectivity index (χ3v) is 7.10. The second-order valence-electron chi connectivity index (χ2n) is 8.98. The van der Waals surface area contributed by atoms with Crippen LogP contribution in [0.4, 0.5) is 0 Å². The lowest BCUT2D eigenvalue weighted by Gasteiger charge is -2.39. The summed E-state index contributed by atoms with van der Waals surface area (Å²) < 4.78 is 11.6. The van der Waals surface area contributed by atoms with Gasteiger partial charge >= 0.3 is 0 Å². The lowest BCUT2D eigenvalue weighted by molar-refractivity contribution is -0.139. The third-order valence-electron chi connectivity index (χ3n) is 7.10. The van der Waals surface area contributed by atoms with Crippen molar-refractivity contribution in [3.63, 3.8) is 0 Å². The SMILES string of the molecule is O=C(CNC(C(=O)N1CCOCC1)c1ccccc1)N1CCC2(CC1)OCc1ccccc12. The Hall–Kier alpha value is -2.74. The first kappa shape index (κ1) is 22.1. The fourth-order valence-electron chi connectivity index (χ4n) is 5.18. The highest BCUT2D eigenvalue weighted by atomic mass is 16.5. The summed E-state index contributed by atoms with van der Waals surface area (Å²) in [5, 5.41) is 3.25. The topological polar surface area (TPSA) is 71.1 Å². The number of hydrogen-bond donors (Lipinski definition) is 1. The summed E-state index contributed by atoms with van der Waals surface area (Å²) in [6.07, 6.45) is 1.59. The van der Waals surface area contributed by atoms with Gasteiger partial charge in [0.05, 0.1) is 32.0 Å². The normalized spacial score (nSPS) is 20.5. The van der Waals surface area contributed by atoms with Crippen molar-refractivity contribution in [1.82, 2.24) is 15.1 Å². The van der Waals surface area contributed by atoms with E-state index in [1.165, 1.54) is 11.1 Å². The van der Waals surface area contributed by atoms with E-state index >= 15 is 0 Å². The maximum Gasteiger partial charge on any atom is 0.244 e. The van der Waals surface area contributed by atoms with Crippen molar-refractivity contribution in [3.8, 4) is 0 Å². The smallest absolute Gasteiger partial charge is 0.244 e. The van der Waals surface area contributed by atoms with Crippen molar-refractivity contribution < 1.29 is 19.1 Å². The molecular formula is C26H31N3O4. The van der Waals surface area contributed by atoms with Crippen molar-refractivity contribution >= 4 is 11.8 Å². The molecule has 2 fully saturated rings. The van der Waals surface area contributed by atoms with E-state index in [0.717, 1.165) is 18.4 Å². The van der Waals surface area contributed by atoms with E-state index in [-0.39, 0.29) is 24.0 Å². The average Bonchev–Trinajstić information content (AvgIpc) is 3.23. The molecule has 2 aromatic carbocycles. The fraction of sp³-hybridized carbons (Fsp3) is 0.462. The molecule has 0 aliphatic carbocycles. The Balaban J connectivity index is 1.21. The Kier molecular flexibility index (Phi) is 6.44. The lowest BCUT2D eigenvalue weighted by Crippen LogP contribution is -2.50. The molecule has 1 unspecified atom stereocenters. The molecule has 3 heterocycles. The van der Waals surface area contributed by atoms with Crippen LogP contribution in [0.25, 0.3) is 0 Å². The molecule has 0 aromatic heterocycles. The number of ether oxygens (including phenoxy) is 2. The van der Waals surface area contributed by atoms with Gasteiger partial charge in [-0.15, -0.1) is 0 Å². The number of likely N-dealkylation sites (tertiary alicyclic amines) is 1. The largest absolute Gasteiger partial charge is 0.378 e. The number of rotatable bonds is 5. The van der Waals surface area contributed by atoms with Crippen molar-refractivity contribution in [2.24, 2.45) is 0 Å². The van der Waals surface area contributed by atoms with Gasteiger partial charge in [0, 0.05) is 26.2 Å². The molecule has 0 saturated carbocycles. The lowest BCUT2D eigenvalue weighted by atomic mass is 9.84. The quantitative estimate of drug-likeness (QED) is 0.758. The number of amides is 2. The summed E-state index contributed by atoms with van der Waals surface area (Å²) in [5.74, 6) is 0.0118. The van der Waals surface area contributed by atoms with Crippen LogP contribution in [0.1, 0.15) is 35.6 Å². The summed E-state index contributed by atoms with van der Waals surface area (Å²) >= 11 is 0.